The summed E-state index contributed by atoms with van der Waals surface area (Å²) in [5, 5.41) is 9.06. The van der Waals surface area contributed by atoms with Gasteiger partial charge in [-0.3, -0.25) is 9.69 Å². The number of hydrogen-bond donors (Lipinski definition) is 3. The van der Waals surface area contributed by atoms with E-state index in [1.807, 2.05) is 45.0 Å². The van der Waals surface area contributed by atoms with Crippen LogP contribution in [0.1, 0.15) is 47.3 Å². The fourth-order valence-corrected chi connectivity index (χ4v) is 5.84. The summed E-state index contributed by atoms with van der Waals surface area (Å²) < 4.78 is 30.2. The third-order valence-corrected chi connectivity index (χ3v) is 8.01. The molecule has 1 fully saturated rings. The summed E-state index contributed by atoms with van der Waals surface area (Å²) in [6.07, 6.45) is 0.832. The molecule has 1 aromatic heterocycles. The van der Waals surface area contributed by atoms with Gasteiger partial charge >= 0.3 is 6.03 Å². The van der Waals surface area contributed by atoms with Gasteiger partial charge in [-0.05, 0) is 62.6 Å². The lowest BCUT2D eigenvalue weighted by Crippen LogP contribution is -2.43. The predicted molar refractivity (Wildman–Crippen MR) is 169 cm³/mol. The minimum Gasteiger partial charge on any atom is -0.350 e. The highest BCUT2D eigenvalue weighted by molar-refractivity contribution is 6.02. The summed E-state index contributed by atoms with van der Waals surface area (Å²) in [7, 11) is 0. The zero-order chi connectivity index (χ0) is 31.7. The third kappa shape index (κ3) is 6.34. The molecule has 0 bridgehead atoms. The van der Waals surface area contributed by atoms with E-state index in [0.29, 0.717) is 22.4 Å². The van der Waals surface area contributed by atoms with Gasteiger partial charge in [0.05, 0.1) is 12.2 Å². The highest BCUT2D eigenvalue weighted by Crippen LogP contribution is 2.39. The molecule has 0 aliphatic carbocycles. The normalized spacial score (nSPS) is 16.4. The first-order valence-corrected chi connectivity index (χ1v) is 15.1. The summed E-state index contributed by atoms with van der Waals surface area (Å²) in [6.45, 7) is 8.11. The van der Waals surface area contributed by atoms with Crippen molar-refractivity contribution in [1.82, 2.24) is 25.5 Å². The molecule has 2 aliphatic heterocycles. The third-order valence-electron chi connectivity index (χ3n) is 8.01. The maximum absolute atomic E-state index is 15.1. The number of likely N-dealkylation sites (tertiary alicyclic amines) is 1. The van der Waals surface area contributed by atoms with E-state index in [2.05, 4.69) is 33.0 Å². The summed E-state index contributed by atoms with van der Waals surface area (Å²) >= 11 is 0. The number of nitrogens with zero attached hydrogens (tertiary/aromatic N) is 4. The van der Waals surface area contributed by atoms with E-state index >= 15 is 8.78 Å². The number of carbonyl (C=O) groups is 2. The molecule has 0 spiro atoms. The van der Waals surface area contributed by atoms with Crippen molar-refractivity contribution in [2.45, 2.75) is 52.4 Å². The van der Waals surface area contributed by atoms with Gasteiger partial charge in [-0.1, -0.05) is 42.5 Å². The summed E-state index contributed by atoms with van der Waals surface area (Å²) in [6, 6.07) is 18.2. The van der Waals surface area contributed by atoms with E-state index < -0.39 is 23.4 Å². The molecular formula is C34H35F2N7O2. The molecule has 45 heavy (non-hydrogen) atoms. The molecule has 232 valence electrons. The van der Waals surface area contributed by atoms with Crippen LogP contribution >= 0.6 is 0 Å². The van der Waals surface area contributed by atoms with Crippen molar-refractivity contribution >= 4 is 29.4 Å². The molecule has 0 radical (unpaired) electrons. The molecule has 4 aromatic rings. The van der Waals surface area contributed by atoms with Crippen molar-refractivity contribution in [3.05, 3.63) is 101 Å². The minimum atomic E-state index is -0.899. The van der Waals surface area contributed by atoms with Crippen LogP contribution in [0.2, 0.25) is 0 Å². The highest BCUT2D eigenvalue weighted by Gasteiger charge is 2.35. The van der Waals surface area contributed by atoms with Crippen molar-refractivity contribution in [2.24, 2.45) is 0 Å². The Balaban J connectivity index is 1.42. The number of halogens is 2. The molecule has 6 rings (SSSR count). The fraction of sp³-hybridized carbons (Fsp3) is 0.294. The molecule has 3 amide bonds. The van der Waals surface area contributed by atoms with Gasteiger partial charge in [0.2, 0.25) is 5.95 Å². The zero-order valence-electron chi connectivity index (χ0n) is 25.4. The Morgan fingerprint density at radius 1 is 1.04 bits per heavy atom. The number of para-hydroxylation sites is 1. The first-order chi connectivity index (χ1) is 21.7. The van der Waals surface area contributed by atoms with Gasteiger partial charge in [-0.15, -0.1) is 0 Å². The minimum absolute atomic E-state index is 0.0000670. The number of nitrogens with one attached hydrogen (secondary N) is 3. The van der Waals surface area contributed by atoms with Crippen LogP contribution in [0.3, 0.4) is 0 Å². The Bertz CT molecular complexity index is 1730. The summed E-state index contributed by atoms with van der Waals surface area (Å²) in [4.78, 5) is 39.1. The Hall–Kier alpha value is -4.90. The Kier molecular flexibility index (Phi) is 8.44. The van der Waals surface area contributed by atoms with Crippen LogP contribution < -0.4 is 20.9 Å². The second kappa shape index (κ2) is 12.6. The average molecular weight is 612 g/mol. The molecule has 2 aliphatic rings. The number of amides is 3. The van der Waals surface area contributed by atoms with E-state index in [4.69, 9.17) is 9.97 Å². The number of hydrogen-bond acceptors (Lipinski definition) is 6. The smallest absolute Gasteiger partial charge is 0.328 e. The topological polar surface area (TPSA) is 102 Å². The molecule has 9 nitrogen and oxygen atoms in total. The molecular weight excluding hydrogens is 576 g/mol. The first-order valence-electron chi connectivity index (χ1n) is 15.1. The molecule has 3 heterocycles. The molecule has 11 heteroatoms. The molecule has 1 saturated heterocycles. The van der Waals surface area contributed by atoms with Crippen LogP contribution in [0.4, 0.5) is 31.0 Å². The Morgan fingerprint density at radius 2 is 1.80 bits per heavy atom. The fourth-order valence-electron chi connectivity index (χ4n) is 5.84. The maximum Gasteiger partial charge on any atom is 0.328 e. The quantitative estimate of drug-likeness (QED) is 0.229. The van der Waals surface area contributed by atoms with Crippen LogP contribution in [-0.4, -0.2) is 52.0 Å². The molecule has 0 saturated carbocycles. The van der Waals surface area contributed by atoms with Crippen molar-refractivity contribution < 1.29 is 18.4 Å². The van der Waals surface area contributed by atoms with Crippen molar-refractivity contribution in [1.29, 1.82) is 0 Å². The average Bonchev–Trinajstić information content (AvgIpc) is 3.44. The van der Waals surface area contributed by atoms with E-state index in [0.717, 1.165) is 48.7 Å². The van der Waals surface area contributed by atoms with Crippen molar-refractivity contribution in [2.75, 3.05) is 23.3 Å². The molecule has 3 N–H and O–H groups in total. The number of aromatic nitrogens is 2. The first kappa shape index (κ1) is 30.1. The van der Waals surface area contributed by atoms with Crippen LogP contribution in [0.25, 0.3) is 11.3 Å². The van der Waals surface area contributed by atoms with Gasteiger partial charge < -0.3 is 16.0 Å². The largest absolute Gasteiger partial charge is 0.350 e. The van der Waals surface area contributed by atoms with Crippen LogP contribution in [0.5, 0.6) is 0 Å². The number of benzene rings is 3. The van der Waals surface area contributed by atoms with Gasteiger partial charge in [0.1, 0.15) is 17.3 Å². The Morgan fingerprint density at radius 3 is 2.53 bits per heavy atom. The lowest BCUT2D eigenvalue weighted by Gasteiger charge is -2.31. The number of rotatable bonds is 8. The number of anilines is 3. The van der Waals surface area contributed by atoms with Crippen LogP contribution in [-0.2, 0) is 13.1 Å². The van der Waals surface area contributed by atoms with Gasteiger partial charge in [-0.2, -0.15) is 4.98 Å². The van der Waals surface area contributed by atoms with Gasteiger partial charge in [0.15, 0.2) is 5.82 Å². The second-order valence-electron chi connectivity index (χ2n) is 11.8. The van der Waals surface area contributed by atoms with Gasteiger partial charge in [0, 0.05) is 48.4 Å². The Labute approximate surface area is 260 Å². The van der Waals surface area contributed by atoms with Crippen molar-refractivity contribution in [3.8, 4) is 11.3 Å². The number of urea groups is 1. The molecule has 0 unspecified atom stereocenters. The number of fused-ring (bicyclic) bond motifs is 1. The maximum atomic E-state index is 15.1. The summed E-state index contributed by atoms with van der Waals surface area (Å²) in [5.74, 6) is -1.73. The van der Waals surface area contributed by atoms with E-state index in [-0.39, 0.29) is 36.3 Å². The zero-order valence-corrected chi connectivity index (χ0v) is 25.4. The second-order valence-corrected chi connectivity index (χ2v) is 11.8. The van der Waals surface area contributed by atoms with Gasteiger partial charge in [-0.25, -0.2) is 23.5 Å². The van der Waals surface area contributed by atoms with Crippen LogP contribution in [0.15, 0.2) is 66.7 Å². The monoisotopic (exact) mass is 611 g/mol. The highest BCUT2D eigenvalue weighted by atomic mass is 19.1. The van der Waals surface area contributed by atoms with Crippen LogP contribution in [0, 0.1) is 18.6 Å². The van der Waals surface area contributed by atoms with E-state index in [9.17, 15) is 9.59 Å². The number of carbonyl (C=O) groups excluding carboxylic acids is 2. The predicted octanol–water partition coefficient (Wildman–Crippen LogP) is 5.92. The number of aryl methyl sites for hydroxylation is 1. The molecule has 1 atom stereocenters. The van der Waals surface area contributed by atoms with E-state index in [1.54, 1.807) is 12.1 Å². The SMILES string of the molecule is Cc1ccc(C(=O)NC(C)C)cc1-c1nc(N[C@H]2CCN(Cc3ccccc3)C2)nc2c1CNC(=O)N2c1c(F)cccc1F. The molecule has 3 aromatic carbocycles. The van der Waals surface area contributed by atoms with Gasteiger partial charge in [0.25, 0.3) is 5.91 Å². The van der Waals surface area contributed by atoms with E-state index in [1.165, 1.54) is 11.6 Å². The van der Waals surface area contributed by atoms with Crippen molar-refractivity contribution in [3.63, 3.8) is 0 Å². The lowest BCUT2D eigenvalue weighted by molar-refractivity contribution is 0.0943. The summed E-state index contributed by atoms with van der Waals surface area (Å²) in [5.41, 5.74) is 3.55. The lowest BCUT2D eigenvalue weighted by atomic mass is 9.97. The standard InChI is InChI=1S/C34H35F2N7O2/c1-20(2)38-32(44)23-13-12-21(3)25(16-23)29-26-17-37-34(45)43(30-27(35)10-7-11-28(30)36)31(26)41-33(40-29)39-24-14-15-42(19-24)18-22-8-5-4-6-9-22/h4-13,16,20,24H,14-15,17-19H2,1-3H3,(H,37,45)(H,38,44)(H,39,40,41)/t24-/m0/s1.